The normalized spacial score (nSPS) is 13.1. The average molecular weight is 654 g/mol. The molecule has 9 aromatic rings. The van der Waals surface area contributed by atoms with Gasteiger partial charge in [-0.15, -0.1) is 0 Å². The minimum Gasteiger partial charge on any atom is -0.455 e. The zero-order valence-corrected chi connectivity index (χ0v) is 28.6. The predicted octanol–water partition coefficient (Wildman–Crippen LogP) is 13.8. The topological polar surface area (TPSA) is 16.4 Å². The molecule has 0 radical (unpaired) electrons. The van der Waals surface area contributed by atoms with Crippen molar-refractivity contribution in [2.45, 2.75) is 19.3 Å². The van der Waals surface area contributed by atoms with Crippen molar-refractivity contribution in [2.24, 2.45) is 0 Å². The van der Waals surface area contributed by atoms with Gasteiger partial charge in [0.2, 0.25) is 0 Å². The summed E-state index contributed by atoms with van der Waals surface area (Å²) in [5.41, 5.74) is 15.1. The van der Waals surface area contributed by atoms with Gasteiger partial charge < -0.3 is 9.32 Å². The zero-order valence-electron chi connectivity index (χ0n) is 28.6. The molecule has 0 fully saturated rings. The van der Waals surface area contributed by atoms with E-state index in [1.54, 1.807) is 0 Å². The lowest BCUT2D eigenvalue weighted by Gasteiger charge is -2.30. The second-order valence-electron chi connectivity index (χ2n) is 14.1. The number of nitrogens with zero attached hydrogens (tertiary/aromatic N) is 1. The van der Waals surface area contributed by atoms with Crippen molar-refractivity contribution in [3.05, 3.63) is 187 Å². The molecule has 2 nitrogen and oxygen atoms in total. The summed E-state index contributed by atoms with van der Waals surface area (Å²) in [5, 5.41) is 4.57. The Morgan fingerprint density at radius 1 is 0.451 bits per heavy atom. The highest BCUT2D eigenvalue weighted by Gasteiger charge is 2.36. The first-order chi connectivity index (χ1) is 25.1. The zero-order chi connectivity index (χ0) is 34.1. The summed E-state index contributed by atoms with van der Waals surface area (Å²) in [4.78, 5) is 2.43. The molecule has 0 aliphatic heterocycles. The lowest BCUT2D eigenvalue weighted by atomic mass is 9.82. The van der Waals surface area contributed by atoms with Crippen molar-refractivity contribution in [1.82, 2.24) is 0 Å². The van der Waals surface area contributed by atoms with Crippen LogP contribution < -0.4 is 4.90 Å². The monoisotopic (exact) mass is 653 g/mol. The van der Waals surface area contributed by atoms with Crippen LogP contribution in [0.3, 0.4) is 0 Å². The van der Waals surface area contributed by atoms with E-state index in [0.29, 0.717) is 0 Å². The SMILES string of the molecule is CC1(C)c2ccccc2-c2ccc(N(c3ccc(-c4ccccc4)cc3)c3ccccc3-c3cccc4oc5c6ccccc6ccc5c34)cc21. The third-order valence-corrected chi connectivity index (χ3v) is 10.9. The van der Waals surface area contributed by atoms with Crippen LogP contribution in [0, 0.1) is 0 Å². The van der Waals surface area contributed by atoms with E-state index in [0.717, 1.165) is 55.5 Å². The van der Waals surface area contributed by atoms with E-state index in [1.165, 1.54) is 38.8 Å². The fourth-order valence-corrected chi connectivity index (χ4v) is 8.37. The molecule has 242 valence electrons. The van der Waals surface area contributed by atoms with Crippen LogP contribution in [0.2, 0.25) is 0 Å². The molecule has 1 heterocycles. The fraction of sp³-hybridized carbons (Fsp3) is 0.0612. The van der Waals surface area contributed by atoms with Crippen molar-refractivity contribution >= 4 is 49.8 Å². The van der Waals surface area contributed by atoms with Gasteiger partial charge in [-0.3, -0.25) is 0 Å². The summed E-state index contributed by atoms with van der Waals surface area (Å²) >= 11 is 0. The minimum atomic E-state index is -0.117. The second-order valence-corrected chi connectivity index (χ2v) is 14.1. The van der Waals surface area contributed by atoms with Crippen LogP contribution in [0.1, 0.15) is 25.0 Å². The molecule has 0 N–H and O–H groups in total. The van der Waals surface area contributed by atoms with E-state index in [4.69, 9.17) is 4.42 Å². The second kappa shape index (κ2) is 11.3. The summed E-state index contributed by atoms with van der Waals surface area (Å²) in [7, 11) is 0. The molecule has 1 aromatic heterocycles. The van der Waals surface area contributed by atoms with Crippen LogP contribution in [-0.4, -0.2) is 0 Å². The number of anilines is 3. The number of furan rings is 1. The van der Waals surface area contributed by atoms with Gasteiger partial charge in [0, 0.05) is 38.5 Å². The number of hydrogen-bond acceptors (Lipinski definition) is 2. The maximum atomic E-state index is 6.64. The van der Waals surface area contributed by atoms with Crippen LogP contribution in [-0.2, 0) is 5.41 Å². The van der Waals surface area contributed by atoms with Crippen molar-refractivity contribution in [1.29, 1.82) is 0 Å². The Hall–Kier alpha value is -6.38. The Morgan fingerprint density at radius 3 is 1.98 bits per heavy atom. The van der Waals surface area contributed by atoms with Gasteiger partial charge >= 0.3 is 0 Å². The van der Waals surface area contributed by atoms with Gasteiger partial charge in [-0.1, -0.05) is 147 Å². The Balaban J connectivity index is 1.20. The van der Waals surface area contributed by atoms with Crippen LogP contribution in [0.15, 0.2) is 180 Å². The lowest BCUT2D eigenvalue weighted by Crippen LogP contribution is -2.16. The molecule has 8 aromatic carbocycles. The van der Waals surface area contributed by atoms with Crippen molar-refractivity contribution < 1.29 is 4.42 Å². The van der Waals surface area contributed by atoms with E-state index in [9.17, 15) is 0 Å². The summed E-state index contributed by atoms with van der Waals surface area (Å²) < 4.78 is 6.64. The highest BCUT2D eigenvalue weighted by Crippen LogP contribution is 2.52. The Labute approximate surface area is 297 Å². The van der Waals surface area contributed by atoms with Gasteiger partial charge in [-0.25, -0.2) is 0 Å². The summed E-state index contributed by atoms with van der Waals surface area (Å²) in [5.74, 6) is 0. The number of rotatable bonds is 5. The van der Waals surface area contributed by atoms with Gasteiger partial charge in [-0.2, -0.15) is 0 Å². The Kier molecular flexibility index (Phi) is 6.56. The molecule has 0 bridgehead atoms. The van der Waals surface area contributed by atoms with Crippen molar-refractivity contribution in [2.75, 3.05) is 4.90 Å². The highest BCUT2D eigenvalue weighted by molar-refractivity contribution is 6.19. The van der Waals surface area contributed by atoms with Crippen LogP contribution in [0.25, 0.3) is 66.1 Å². The molecule has 1 aliphatic carbocycles. The molecule has 51 heavy (non-hydrogen) atoms. The van der Waals surface area contributed by atoms with Crippen LogP contribution >= 0.6 is 0 Å². The maximum absolute atomic E-state index is 6.64. The molecular formula is C49H35NO. The first kappa shape index (κ1) is 29.5. The molecule has 2 heteroatoms. The molecule has 10 rings (SSSR count). The van der Waals surface area contributed by atoms with E-state index < -0.39 is 0 Å². The van der Waals surface area contributed by atoms with Gasteiger partial charge in [-0.05, 0) is 86.8 Å². The number of fused-ring (bicyclic) bond motifs is 8. The Morgan fingerprint density at radius 2 is 1.12 bits per heavy atom. The molecule has 0 saturated heterocycles. The molecule has 1 aliphatic rings. The standard InChI is InChI=1S/C49H35NO/c1-49(2)43-20-10-8-17-38(43)39-30-28-36(31-44(39)49)50(35-26-23-33(24-27-35)32-13-4-3-5-14-32)45-21-11-9-18-40(45)41-19-12-22-46-47(41)42-29-25-34-15-6-7-16-37(34)48(42)51-46/h3-31H,1-2H3. The van der Waals surface area contributed by atoms with Gasteiger partial charge in [0.05, 0.1) is 5.69 Å². The van der Waals surface area contributed by atoms with Gasteiger partial charge in [0.25, 0.3) is 0 Å². The maximum Gasteiger partial charge on any atom is 0.143 e. The molecular weight excluding hydrogens is 619 g/mol. The largest absolute Gasteiger partial charge is 0.455 e. The van der Waals surface area contributed by atoms with Crippen molar-refractivity contribution in [3.63, 3.8) is 0 Å². The molecule has 0 saturated carbocycles. The smallest absolute Gasteiger partial charge is 0.143 e. The first-order valence-electron chi connectivity index (χ1n) is 17.7. The average Bonchev–Trinajstić information content (AvgIpc) is 3.68. The third kappa shape index (κ3) is 4.57. The summed E-state index contributed by atoms with van der Waals surface area (Å²) in [6.07, 6.45) is 0. The summed E-state index contributed by atoms with van der Waals surface area (Å²) in [6, 6.07) is 63.6. The van der Waals surface area contributed by atoms with Crippen LogP contribution in [0.5, 0.6) is 0 Å². The summed E-state index contributed by atoms with van der Waals surface area (Å²) in [6.45, 7) is 4.70. The van der Waals surface area contributed by atoms with Gasteiger partial charge in [0.1, 0.15) is 11.2 Å². The van der Waals surface area contributed by atoms with E-state index in [-0.39, 0.29) is 5.41 Å². The third-order valence-electron chi connectivity index (χ3n) is 10.9. The number of para-hydroxylation sites is 1. The molecule has 0 amide bonds. The van der Waals surface area contributed by atoms with E-state index >= 15 is 0 Å². The van der Waals surface area contributed by atoms with E-state index in [1.807, 2.05) is 0 Å². The molecule has 0 unspecified atom stereocenters. The van der Waals surface area contributed by atoms with Crippen molar-refractivity contribution in [3.8, 4) is 33.4 Å². The highest BCUT2D eigenvalue weighted by atomic mass is 16.3. The quantitative estimate of drug-likeness (QED) is 0.184. The number of benzene rings is 8. The predicted molar refractivity (Wildman–Crippen MR) is 214 cm³/mol. The van der Waals surface area contributed by atoms with Gasteiger partial charge in [0.15, 0.2) is 0 Å². The fourth-order valence-electron chi connectivity index (χ4n) is 8.37. The Bertz CT molecular complexity index is 2770. The first-order valence-corrected chi connectivity index (χ1v) is 17.7. The molecule has 0 spiro atoms. The van der Waals surface area contributed by atoms with Crippen LogP contribution in [0.4, 0.5) is 17.1 Å². The lowest BCUT2D eigenvalue weighted by molar-refractivity contribution is 0.660. The minimum absolute atomic E-state index is 0.117. The molecule has 0 atom stereocenters. The number of hydrogen-bond donors (Lipinski definition) is 0. The van der Waals surface area contributed by atoms with E-state index in [2.05, 4.69) is 195 Å².